The molecular weight excluding hydrogens is 531 g/mol. The van der Waals surface area contributed by atoms with E-state index in [4.69, 9.17) is 14.5 Å². The van der Waals surface area contributed by atoms with Gasteiger partial charge in [-0.3, -0.25) is 9.36 Å². The van der Waals surface area contributed by atoms with E-state index < -0.39 is 5.97 Å². The van der Waals surface area contributed by atoms with Gasteiger partial charge in [-0.15, -0.1) is 0 Å². The van der Waals surface area contributed by atoms with E-state index in [0.717, 1.165) is 14.9 Å². The summed E-state index contributed by atoms with van der Waals surface area (Å²) in [6.07, 6.45) is 3.70. The zero-order valence-electron chi connectivity index (χ0n) is 18.1. The van der Waals surface area contributed by atoms with Crippen molar-refractivity contribution in [2.24, 2.45) is 0 Å². The lowest BCUT2D eigenvalue weighted by Crippen LogP contribution is -2.22. The number of halogens is 1. The lowest BCUT2D eigenvalue weighted by Gasteiger charge is -2.12. The average molecular weight is 552 g/mol. The minimum absolute atomic E-state index is 0.184. The number of carbonyl (C=O) groups excluding carboxylic acids is 1. The summed E-state index contributed by atoms with van der Waals surface area (Å²) >= 11 is 2.18. The van der Waals surface area contributed by atoms with Crippen molar-refractivity contribution in [2.45, 2.75) is 6.92 Å². The molecular formula is C26H21IN2O4. The second kappa shape index (κ2) is 9.99. The summed E-state index contributed by atoms with van der Waals surface area (Å²) in [4.78, 5) is 30.3. The minimum Gasteiger partial charge on any atom is -0.497 e. The Balaban J connectivity index is 1.83. The van der Waals surface area contributed by atoms with Gasteiger partial charge in [0.25, 0.3) is 5.56 Å². The van der Waals surface area contributed by atoms with Gasteiger partial charge in [-0.25, -0.2) is 9.78 Å². The quantitative estimate of drug-likeness (QED) is 0.239. The summed E-state index contributed by atoms with van der Waals surface area (Å²) in [6.45, 7) is 2.06. The molecule has 0 amide bonds. The van der Waals surface area contributed by atoms with Gasteiger partial charge in [-0.05, 0) is 95.8 Å². The molecule has 0 saturated heterocycles. The number of benzene rings is 3. The van der Waals surface area contributed by atoms with Crippen molar-refractivity contribution in [3.63, 3.8) is 0 Å². The molecule has 0 fully saturated rings. The van der Waals surface area contributed by atoms with Gasteiger partial charge in [0.1, 0.15) is 11.6 Å². The molecule has 0 spiro atoms. The molecule has 0 bridgehead atoms. The summed E-state index contributed by atoms with van der Waals surface area (Å²) in [5.74, 6) is 0.847. The van der Waals surface area contributed by atoms with Crippen molar-refractivity contribution in [3.8, 4) is 11.4 Å². The molecule has 0 atom stereocenters. The van der Waals surface area contributed by atoms with Gasteiger partial charge in [0.2, 0.25) is 0 Å². The third-order valence-electron chi connectivity index (χ3n) is 5.03. The molecule has 3 aromatic carbocycles. The predicted molar refractivity (Wildman–Crippen MR) is 138 cm³/mol. The molecule has 0 unspecified atom stereocenters. The highest BCUT2D eigenvalue weighted by Crippen LogP contribution is 2.19. The normalized spacial score (nSPS) is 11.1. The molecule has 166 valence electrons. The standard InChI is InChI=1S/C26H21IN2O4/c1-3-33-26(31)18-7-10-20(11-8-18)29-24(15-6-17-4-12-21(32-2)13-5-17)28-23-14-9-19(27)16-22(23)25(29)30/h4-16H,3H2,1-2H3/b15-6+. The molecule has 1 aromatic heterocycles. The van der Waals surface area contributed by atoms with Crippen molar-refractivity contribution in [1.82, 2.24) is 9.55 Å². The smallest absolute Gasteiger partial charge is 0.338 e. The monoisotopic (exact) mass is 552 g/mol. The van der Waals surface area contributed by atoms with Crippen LogP contribution in [0.25, 0.3) is 28.7 Å². The second-order valence-electron chi connectivity index (χ2n) is 7.15. The van der Waals surface area contributed by atoms with Crippen LogP contribution in [0.5, 0.6) is 5.75 Å². The first kappa shape index (κ1) is 22.7. The maximum atomic E-state index is 13.5. The van der Waals surface area contributed by atoms with Gasteiger partial charge >= 0.3 is 5.97 Å². The van der Waals surface area contributed by atoms with Crippen LogP contribution in [-0.2, 0) is 4.74 Å². The Kier molecular flexibility index (Phi) is 6.88. The number of esters is 1. The summed E-state index contributed by atoms with van der Waals surface area (Å²) < 4.78 is 12.8. The maximum absolute atomic E-state index is 13.5. The Morgan fingerprint density at radius 2 is 1.76 bits per heavy atom. The number of hydrogen-bond donors (Lipinski definition) is 0. The number of rotatable bonds is 6. The number of fused-ring (bicyclic) bond motifs is 1. The van der Waals surface area contributed by atoms with Gasteiger partial charge in [-0.2, -0.15) is 0 Å². The Bertz CT molecular complexity index is 1390. The summed E-state index contributed by atoms with van der Waals surface area (Å²) in [6, 6.07) is 19.9. The highest BCUT2D eigenvalue weighted by molar-refractivity contribution is 14.1. The molecule has 0 aliphatic rings. The van der Waals surface area contributed by atoms with E-state index in [1.165, 1.54) is 0 Å². The van der Waals surface area contributed by atoms with Crippen molar-refractivity contribution >= 4 is 51.6 Å². The first-order chi connectivity index (χ1) is 16.0. The van der Waals surface area contributed by atoms with Gasteiger partial charge in [0.15, 0.2) is 0 Å². The van der Waals surface area contributed by atoms with Gasteiger partial charge in [-0.1, -0.05) is 18.2 Å². The largest absolute Gasteiger partial charge is 0.497 e. The Labute approximate surface area is 204 Å². The zero-order valence-corrected chi connectivity index (χ0v) is 20.3. The van der Waals surface area contributed by atoms with Crippen LogP contribution in [0.3, 0.4) is 0 Å². The average Bonchev–Trinajstić information content (AvgIpc) is 2.84. The summed E-state index contributed by atoms with van der Waals surface area (Å²) in [5.41, 5.74) is 2.41. The lowest BCUT2D eigenvalue weighted by molar-refractivity contribution is 0.0526. The number of nitrogens with zero attached hydrogens (tertiary/aromatic N) is 2. The first-order valence-corrected chi connectivity index (χ1v) is 11.4. The minimum atomic E-state index is -0.401. The van der Waals surface area contributed by atoms with Crippen LogP contribution in [0.2, 0.25) is 0 Å². The lowest BCUT2D eigenvalue weighted by atomic mass is 10.1. The highest BCUT2D eigenvalue weighted by atomic mass is 127. The van der Waals surface area contributed by atoms with Crippen molar-refractivity contribution < 1.29 is 14.3 Å². The maximum Gasteiger partial charge on any atom is 0.338 e. The van der Waals surface area contributed by atoms with Crippen LogP contribution in [0, 0.1) is 3.57 Å². The first-order valence-electron chi connectivity index (χ1n) is 10.3. The Morgan fingerprint density at radius 1 is 1.03 bits per heavy atom. The molecule has 4 aromatic rings. The van der Waals surface area contributed by atoms with Crippen LogP contribution in [0.4, 0.5) is 0 Å². The van der Waals surface area contributed by atoms with Crippen LogP contribution in [0.15, 0.2) is 71.5 Å². The van der Waals surface area contributed by atoms with E-state index in [0.29, 0.717) is 34.6 Å². The topological polar surface area (TPSA) is 70.4 Å². The molecule has 7 heteroatoms. The second-order valence-corrected chi connectivity index (χ2v) is 8.39. The van der Waals surface area contributed by atoms with Crippen molar-refractivity contribution in [2.75, 3.05) is 13.7 Å². The molecule has 0 saturated carbocycles. The third-order valence-corrected chi connectivity index (χ3v) is 5.70. The Hall–Kier alpha value is -3.46. The fourth-order valence-electron chi connectivity index (χ4n) is 3.38. The number of carbonyl (C=O) groups is 1. The van der Waals surface area contributed by atoms with Crippen molar-refractivity contribution in [1.29, 1.82) is 0 Å². The number of ether oxygens (including phenoxy) is 2. The van der Waals surface area contributed by atoms with E-state index in [-0.39, 0.29) is 5.56 Å². The van der Waals surface area contributed by atoms with Crippen LogP contribution >= 0.6 is 22.6 Å². The van der Waals surface area contributed by atoms with Gasteiger partial charge in [0.05, 0.1) is 35.9 Å². The summed E-state index contributed by atoms with van der Waals surface area (Å²) in [5, 5.41) is 0.526. The van der Waals surface area contributed by atoms with Crippen molar-refractivity contribution in [3.05, 3.63) is 97.6 Å². The fraction of sp³-hybridized carbons (Fsp3) is 0.115. The Morgan fingerprint density at radius 3 is 2.42 bits per heavy atom. The van der Waals surface area contributed by atoms with E-state index >= 15 is 0 Å². The third kappa shape index (κ3) is 4.98. The molecule has 1 heterocycles. The molecule has 33 heavy (non-hydrogen) atoms. The van der Waals surface area contributed by atoms with E-state index in [9.17, 15) is 9.59 Å². The molecule has 4 rings (SSSR count). The van der Waals surface area contributed by atoms with E-state index in [1.807, 2.05) is 48.5 Å². The van der Waals surface area contributed by atoms with Gasteiger partial charge < -0.3 is 9.47 Å². The number of aromatic nitrogens is 2. The predicted octanol–water partition coefficient (Wildman–Crippen LogP) is 5.35. The molecule has 6 nitrogen and oxygen atoms in total. The molecule has 0 aliphatic carbocycles. The molecule has 0 aliphatic heterocycles. The SMILES string of the molecule is CCOC(=O)c1ccc(-n2c(/C=C/c3ccc(OC)cc3)nc3ccc(I)cc3c2=O)cc1. The van der Waals surface area contributed by atoms with E-state index in [2.05, 4.69) is 22.6 Å². The zero-order chi connectivity index (χ0) is 23.4. The fourth-order valence-corrected chi connectivity index (χ4v) is 3.87. The van der Waals surface area contributed by atoms with Crippen LogP contribution in [0.1, 0.15) is 28.7 Å². The number of hydrogen-bond acceptors (Lipinski definition) is 5. The molecule has 0 N–H and O–H groups in total. The van der Waals surface area contributed by atoms with Crippen LogP contribution < -0.4 is 10.3 Å². The highest BCUT2D eigenvalue weighted by Gasteiger charge is 2.13. The van der Waals surface area contributed by atoms with Gasteiger partial charge in [0, 0.05) is 3.57 Å². The summed E-state index contributed by atoms with van der Waals surface area (Å²) in [7, 11) is 1.62. The van der Waals surface area contributed by atoms with Crippen LogP contribution in [-0.4, -0.2) is 29.2 Å². The van der Waals surface area contributed by atoms with E-state index in [1.54, 1.807) is 48.9 Å². The molecule has 0 radical (unpaired) electrons. The number of methoxy groups -OCH3 is 1.